The van der Waals surface area contributed by atoms with E-state index >= 15 is 0 Å². The number of morpholine rings is 1. The zero-order valence-electron chi connectivity index (χ0n) is 14.2. The van der Waals surface area contributed by atoms with Crippen LogP contribution < -0.4 is 0 Å². The Labute approximate surface area is 152 Å². The smallest absolute Gasteiger partial charge is 0.317 e. The molecule has 6 nitrogen and oxygen atoms in total. The number of hydrogen-bond acceptors (Lipinski definition) is 4. The number of benzene rings is 1. The maximum Gasteiger partial charge on any atom is 0.317 e. The van der Waals surface area contributed by atoms with Gasteiger partial charge in [0.15, 0.2) is 0 Å². The molecule has 0 bridgehead atoms. The Balaban J connectivity index is 1.53. The lowest BCUT2D eigenvalue weighted by Crippen LogP contribution is -2.50. The molecule has 1 saturated heterocycles. The van der Waals surface area contributed by atoms with Crippen molar-refractivity contribution >= 4 is 23.5 Å². The standard InChI is InChI=1S/C18H23ClN2O4/c1-20(11-17(22)23)9-14-10-21(5-6-25-14)18(24)16-8-15(16)12-3-2-4-13(19)7-12/h2-4,7,14-16H,5-6,8-11H2,1H3,(H,22,23)/t14-,15-,16-/m1/s1. The number of likely N-dealkylation sites (N-methyl/N-ethyl adjacent to an activating group) is 1. The topological polar surface area (TPSA) is 70.1 Å². The lowest BCUT2D eigenvalue weighted by Gasteiger charge is -2.34. The fraction of sp³-hybridized carbons (Fsp3) is 0.556. The van der Waals surface area contributed by atoms with E-state index in [1.54, 1.807) is 11.9 Å². The van der Waals surface area contributed by atoms with Crippen molar-refractivity contribution in [3.63, 3.8) is 0 Å². The number of carboxylic acid groups (broad SMARTS) is 1. The van der Waals surface area contributed by atoms with Gasteiger partial charge in [0.25, 0.3) is 0 Å². The van der Waals surface area contributed by atoms with Crippen LogP contribution in [-0.4, -0.2) is 72.7 Å². The van der Waals surface area contributed by atoms with Gasteiger partial charge in [-0.25, -0.2) is 0 Å². The van der Waals surface area contributed by atoms with E-state index in [-0.39, 0.29) is 30.4 Å². The molecule has 1 aliphatic heterocycles. The highest BCUT2D eigenvalue weighted by atomic mass is 35.5. The number of rotatable bonds is 6. The van der Waals surface area contributed by atoms with Gasteiger partial charge in [0.1, 0.15) is 0 Å². The van der Waals surface area contributed by atoms with Crippen LogP contribution in [0.2, 0.25) is 5.02 Å². The molecule has 0 spiro atoms. The summed E-state index contributed by atoms with van der Waals surface area (Å²) in [5.74, 6) is -0.427. The van der Waals surface area contributed by atoms with Crippen LogP contribution in [0.15, 0.2) is 24.3 Å². The monoisotopic (exact) mass is 366 g/mol. The fourth-order valence-electron chi connectivity index (χ4n) is 3.48. The van der Waals surface area contributed by atoms with Crippen molar-refractivity contribution in [1.29, 1.82) is 0 Å². The first-order chi connectivity index (χ1) is 11.9. The van der Waals surface area contributed by atoms with E-state index in [0.717, 1.165) is 12.0 Å². The lowest BCUT2D eigenvalue weighted by atomic mass is 10.1. The minimum Gasteiger partial charge on any atom is -0.480 e. The summed E-state index contributed by atoms with van der Waals surface area (Å²) in [7, 11) is 1.74. The van der Waals surface area contributed by atoms with Crippen LogP contribution in [-0.2, 0) is 14.3 Å². The highest BCUT2D eigenvalue weighted by Gasteiger charge is 2.46. The summed E-state index contributed by atoms with van der Waals surface area (Å²) in [6.45, 7) is 2.07. The zero-order chi connectivity index (χ0) is 18.0. The van der Waals surface area contributed by atoms with Crippen molar-refractivity contribution in [2.75, 3.05) is 39.8 Å². The van der Waals surface area contributed by atoms with Crippen LogP contribution in [0.5, 0.6) is 0 Å². The first kappa shape index (κ1) is 18.2. The summed E-state index contributed by atoms with van der Waals surface area (Å²) in [6, 6.07) is 7.71. The van der Waals surface area contributed by atoms with Crippen molar-refractivity contribution in [2.24, 2.45) is 5.92 Å². The Morgan fingerprint density at radius 3 is 2.96 bits per heavy atom. The molecule has 3 rings (SSSR count). The molecule has 1 amide bonds. The minimum absolute atomic E-state index is 0.0222. The van der Waals surface area contributed by atoms with Crippen molar-refractivity contribution in [1.82, 2.24) is 9.80 Å². The number of nitrogens with zero attached hydrogens (tertiary/aromatic N) is 2. The molecule has 25 heavy (non-hydrogen) atoms. The Bertz CT molecular complexity index is 654. The van der Waals surface area contributed by atoms with Gasteiger partial charge < -0.3 is 14.7 Å². The number of carboxylic acids is 1. The van der Waals surface area contributed by atoms with Crippen molar-refractivity contribution in [3.8, 4) is 0 Å². The summed E-state index contributed by atoms with van der Waals surface area (Å²) in [5.41, 5.74) is 1.12. The average molecular weight is 367 g/mol. The van der Waals surface area contributed by atoms with Crippen molar-refractivity contribution in [2.45, 2.75) is 18.4 Å². The van der Waals surface area contributed by atoms with E-state index in [1.165, 1.54) is 0 Å². The highest BCUT2D eigenvalue weighted by Crippen LogP contribution is 2.49. The second kappa shape index (κ2) is 7.72. The van der Waals surface area contributed by atoms with Crippen LogP contribution in [0.3, 0.4) is 0 Å². The van der Waals surface area contributed by atoms with Gasteiger partial charge in [-0.2, -0.15) is 0 Å². The van der Waals surface area contributed by atoms with Crippen LogP contribution in [0.25, 0.3) is 0 Å². The number of carbonyl (C=O) groups is 2. The molecule has 2 fully saturated rings. The van der Waals surface area contributed by atoms with E-state index in [4.69, 9.17) is 21.4 Å². The first-order valence-electron chi connectivity index (χ1n) is 8.50. The van der Waals surface area contributed by atoms with E-state index in [1.807, 2.05) is 29.2 Å². The second-order valence-corrected chi connectivity index (χ2v) is 7.31. The predicted octanol–water partition coefficient (Wildman–Crippen LogP) is 1.69. The minimum atomic E-state index is -0.867. The second-order valence-electron chi connectivity index (χ2n) is 6.87. The molecule has 7 heteroatoms. The van der Waals surface area contributed by atoms with Crippen LogP contribution in [0.4, 0.5) is 0 Å². The van der Waals surface area contributed by atoms with E-state index in [9.17, 15) is 9.59 Å². The Morgan fingerprint density at radius 1 is 1.44 bits per heavy atom. The molecule has 1 aliphatic carbocycles. The van der Waals surface area contributed by atoms with Gasteiger partial charge in [-0.1, -0.05) is 23.7 Å². The number of aliphatic carboxylic acids is 1. The van der Waals surface area contributed by atoms with Crippen molar-refractivity contribution < 1.29 is 19.4 Å². The summed E-state index contributed by atoms with van der Waals surface area (Å²) < 4.78 is 5.69. The van der Waals surface area contributed by atoms with E-state index < -0.39 is 5.97 Å². The number of hydrogen-bond donors (Lipinski definition) is 1. The van der Waals surface area contributed by atoms with Gasteiger partial charge in [0.2, 0.25) is 5.91 Å². The van der Waals surface area contributed by atoms with Gasteiger partial charge in [0.05, 0.1) is 19.3 Å². The van der Waals surface area contributed by atoms with Gasteiger partial charge in [-0.3, -0.25) is 14.5 Å². The third-order valence-corrected chi connectivity index (χ3v) is 4.99. The van der Waals surface area contributed by atoms with E-state index in [2.05, 4.69) is 0 Å². The normalized spacial score (nSPS) is 25.9. The summed E-state index contributed by atoms with van der Waals surface area (Å²) >= 11 is 6.04. The largest absolute Gasteiger partial charge is 0.480 e. The summed E-state index contributed by atoms with van der Waals surface area (Å²) in [6.07, 6.45) is 0.713. The maximum absolute atomic E-state index is 12.8. The van der Waals surface area contributed by atoms with Crippen LogP contribution in [0.1, 0.15) is 17.9 Å². The Kier molecular flexibility index (Phi) is 5.61. The molecule has 2 aliphatic rings. The number of carbonyl (C=O) groups excluding carboxylic acids is 1. The molecular formula is C18H23ClN2O4. The van der Waals surface area contributed by atoms with Crippen LogP contribution >= 0.6 is 11.6 Å². The molecule has 3 atom stereocenters. The fourth-order valence-corrected chi connectivity index (χ4v) is 3.68. The van der Waals surface area contributed by atoms with Crippen LogP contribution in [0, 0.1) is 5.92 Å². The molecule has 136 valence electrons. The molecule has 1 saturated carbocycles. The third kappa shape index (κ3) is 4.71. The third-order valence-electron chi connectivity index (χ3n) is 4.76. The van der Waals surface area contributed by atoms with Gasteiger partial charge in [-0.05, 0) is 37.1 Å². The quantitative estimate of drug-likeness (QED) is 0.829. The average Bonchev–Trinajstić information content (AvgIpc) is 3.34. The number of amides is 1. The predicted molar refractivity (Wildman–Crippen MR) is 93.8 cm³/mol. The number of ether oxygens (including phenoxy) is 1. The molecule has 1 aromatic carbocycles. The molecule has 0 unspecified atom stereocenters. The first-order valence-corrected chi connectivity index (χ1v) is 8.88. The number of halogens is 1. The highest BCUT2D eigenvalue weighted by molar-refractivity contribution is 6.30. The zero-order valence-corrected chi connectivity index (χ0v) is 15.0. The van der Waals surface area contributed by atoms with Gasteiger partial charge >= 0.3 is 5.97 Å². The van der Waals surface area contributed by atoms with Gasteiger partial charge in [0, 0.05) is 30.6 Å². The van der Waals surface area contributed by atoms with E-state index in [0.29, 0.717) is 31.3 Å². The summed E-state index contributed by atoms with van der Waals surface area (Å²) in [5, 5.41) is 9.53. The Hall–Kier alpha value is -1.63. The molecule has 1 heterocycles. The van der Waals surface area contributed by atoms with Gasteiger partial charge in [-0.15, -0.1) is 0 Å². The molecule has 1 N–H and O–H groups in total. The molecule has 1 aromatic rings. The SMILES string of the molecule is CN(CC(=O)O)C[C@@H]1CN(C(=O)[C@@H]2C[C@@H]2c2cccc(Cl)c2)CCO1. The molecular weight excluding hydrogens is 344 g/mol. The summed E-state index contributed by atoms with van der Waals surface area (Å²) in [4.78, 5) is 27.1. The Morgan fingerprint density at radius 2 is 2.24 bits per heavy atom. The maximum atomic E-state index is 12.8. The van der Waals surface area contributed by atoms with Crippen molar-refractivity contribution in [3.05, 3.63) is 34.9 Å². The lowest BCUT2D eigenvalue weighted by molar-refractivity contribution is -0.143. The molecule has 0 radical (unpaired) electrons. The molecule has 0 aromatic heterocycles.